The van der Waals surface area contributed by atoms with Gasteiger partial charge in [-0.25, -0.2) is 27.6 Å². The highest BCUT2D eigenvalue weighted by Gasteiger charge is 2.37. The highest BCUT2D eigenvalue weighted by molar-refractivity contribution is 7.92. The summed E-state index contributed by atoms with van der Waals surface area (Å²) in [5.74, 6) is -2.00. The number of nitrogen functional groups attached to an aromatic ring is 1. The number of esters is 1. The van der Waals surface area contributed by atoms with Crippen LogP contribution in [0.3, 0.4) is 0 Å². The van der Waals surface area contributed by atoms with Crippen molar-refractivity contribution in [1.29, 1.82) is 0 Å². The number of aromatic nitrogens is 2. The number of nitrogens with zero attached hydrogens (tertiary/aromatic N) is 3. The monoisotopic (exact) mass is 616 g/mol. The van der Waals surface area contributed by atoms with Gasteiger partial charge in [-0.15, -0.1) is 0 Å². The van der Waals surface area contributed by atoms with Gasteiger partial charge in [0.25, 0.3) is 0 Å². The zero-order chi connectivity index (χ0) is 31.5. The lowest BCUT2D eigenvalue weighted by Crippen LogP contribution is -2.41. The lowest BCUT2D eigenvalue weighted by atomic mass is 10.1. The predicted molar refractivity (Wildman–Crippen MR) is 165 cm³/mol. The van der Waals surface area contributed by atoms with E-state index in [-0.39, 0.29) is 31.0 Å². The molecule has 0 amide bonds. The summed E-state index contributed by atoms with van der Waals surface area (Å²) in [6.07, 6.45) is 1.06. The molecule has 0 aliphatic carbocycles. The van der Waals surface area contributed by atoms with Gasteiger partial charge in [0.1, 0.15) is 40.6 Å². The fourth-order valence-corrected chi connectivity index (χ4v) is 5.84. The Bertz CT molecular complexity index is 1630. The van der Waals surface area contributed by atoms with Gasteiger partial charge >= 0.3 is 5.97 Å². The average Bonchev–Trinajstić information content (AvgIpc) is 3.40. The number of benzene rings is 1. The fourth-order valence-electron chi connectivity index (χ4n) is 4.67. The predicted octanol–water partition coefficient (Wildman–Crippen LogP) is 5.36. The lowest BCUT2D eigenvalue weighted by Gasteiger charge is -2.29. The first-order valence-electron chi connectivity index (χ1n) is 14.1. The summed E-state index contributed by atoms with van der Waals surface area (Å²) < 4.78 is 52.2. The van der Waals surface area contributed by atoms with E-state index in [0.717, 1.165) is 0 Å². The van der Waals surface area contributed by atoms with E-state index in [1.807, 2.05) is 13.8 Å². The maximum atomic E-state index is 14.6. The van der Waals surface area contributed by atoms with Crippen LogP contribution < -0.4 is 15.4 Å². The molecular formula is C31H41FN4O6S. The van der Waals surface area contributed by atoms with Gasteiger partial charge < -0.3 is 20.1 Å². The van der Waals surface area contributed by atoms with Crippen LogP contribution in [0.15, 0.2) is 53.6 Å². The van der Waals surface area contributed by atoms with Crippen molar-refractivity contribution >= 4 is 33.2 Å². The second-order valence-corrected chi connectivity index (χ2v) is 13.9. The van der Waals surface area contributed by atoms with E-state index < -0.39 is 44.8 Å². The van der Waals surface area contributed by atoms with Crippen LogP contribution in [0.2, 0.25) is 0 Å². The van der Waals surface area contributed by atoms with Gasteiger partial charge in [0.15, 0.2) is 10.8 Å². The first-order chi connectivity index (χ1) is 20.1. The summed E-state index contributed by atoms with van der Waals surface area (Å²) in [5, 5.41) is -0.325. The van der Waals surface area contributed by atoms with Crippen molar-refractivity contribution < 1.29 is 34.7 Å². The van der Waals surface area contributed by atoms with E-state index >= 15 is 0 Å². The van der Waals surface area contributed by atoms with Crippen molar-refractivity contribution in [1.82, 2.24) is 9.97 Å². The molecule has 1 fully saturated rings. The van der Waals surface area contributed by atoms with Crippen LogP contribution in [0.4, 0.5) is 16.0 Å². The molecule has 1 aliphatic heterocycles. The summed E-state index contributed by atoms with van der Waals surface area (Å²) in [4.78, 5) is 37.0. The first kappa shape index (κ1) is 31.9. The Morgan fingerprint density at radius 2 is 1.88 bits per heavy atom. The number of halogens is 1. The minimum atomic E-state index is -4.16. The highest BCUT2D eigenvalue weighted by Crippen LogP contribution is 2.33. The van der Waals surface area contributed by atoms with Crippen molar-refractivity contribution in [2.45, 2.75) is 64.1 Å². The van der Waals surface area contributed by atoms with Crippen molar-refractivity contribution in [3.8, 4) is 17.0 Å². The summed E-state index contributed by atoms with van der Waals surface area (Å²) in [7, 11) is -4.16. The van der Waals surface area contributed by atoms with Gasteiger partial charge in [0.2, 0.25) is 9.84 Å². The standard InChI is InChI=1S/C31H37FN4O6S.2H2/c1-19(2)17-41-22-15-20(14-21(32)16-22)24-12-11-23(26(37)18-43(39,40)28-10-6-9-27(33)35-28)29(34-24)36-13-7-8-25(36)30(38)42-31(3,4)5;;/h6,9-12,14-16,19,25H,7-8,13,17-18H2,1-5H3,(H2,33,35);2*1H/t25-;;/m1../s1. The Labute approximate surface area is 254 Å². The fraction of sp³-hybridized carbons (Fsp3) is 0.419. The Morgan fingerprint density at radius 3 is 2.56 bits per heavy atom. The number of pyridine rings is 2. The summed E-state index contributed by atoms with van der Waals surface area (Å²) in [5.41, 5.74) is 5.62. The number of hydrogen-bond acceptors (Lipinski definition) is 10. The SMILES string of the molecule is CC(C)COc1cc(F)cc(-c2ccc(C(=O)CS(=O)(=O)c3cccc(N)n3)c(N3CCC[C@@H]3C(=O)OC(C)(C)C)n2)c1.[HH].[HH]. The van der Waals surface area contributed by atoms with E-state index in [4.69, 9.17) is 20.2 Å². The zero-order valence-electron chi connectivity index (χ0n) is 25.0. The third kappa shape index (κ3) is 8.07. The maximum Gasteiger partial charge on any atom is 0.329 e. The molecule has 0 spiro atoms. The van der Waals surface area contributed by atoms with Crippen LogP contribution >= 0.6 is 0 Å². The summed E-state index contributed by atoms with van der Waals surface area (Å²) in [6.45, 7) is 9.99. The van der Waals surface area contributed by atoms with Crippen LogP contribution in [0.25, 0.3) is 11.3 Å². The van der Waals surface area contributed by atoms with Gasteiger partial charge in [-0.3, -0.25) is 4.79 Å². The highest BCUT2D eigenvalue weighted by atomic mass is 32.2. The minimum Gasteiger partial charge on any atom is -0.493 e. The molecule has 0 unspecified atom stereocenters. The average molecular weight is 617 g/mol. The van der Waals surface area contributed by atoms with Gasteiger partial charge in [0, 0.05) is 21.0 Å². The summed E-state index contributed by atoms with van der Waals surface area (Å²) >= 11 is 0. The molecule has 3 aromatic rings. The third-order valence-electron chi connectivity index (χ3n) is 6.51. The number of ketones is 1. The molecule has 43 heavy (non-hydrogen) atoms. The zero-order valence-corrected chi connectivity index (χ0v) is 25.8. The normalized spacial score (nSPS) is 15.5. The Balaban J connectivity index is 0.00000353. The number of ether oxygens (including phenoxy) is 2. The molecule has 1 aliphatic rings. The van der Waals surface area contributed by atoms with Crippen LogP contribution in [0.1, 0.15) is 60.7 Å². The van der Waals surface area contributed by atoms with E-state index in [1.54, 1.807) is 31.7 Å². The first-order valence-corrected chi connectivity index (χ1v) is 15.7. The number of hydrogen-bond donors (Lipinski definition) is 1. The Morgan fingerprint density at radius 1 is 1.14 bits per heavy atom. The van der Waals surface area contributed by atoms with Crippen molar-refractivity contribution in [2.24, 2.45) is 5.92 Å². The molecule has 2 N–H and O–H groups in total. The van der Waals surface area contributed by atoms with Crippen molar-refractivity contribution in [2.75, 3.05) is 29.5 Å². The van der Waals surface area contributed by atoms with Crippen LogP contribution in [0, 0.1) is 11.7 Å². The van der Waals surface area contributed by atoms with Crippen molar-refractivity contribution in [3.05, 3.63) is 59.9 Å². The quantitative estimate of drug-likeness (QED) is 0.234. The molecular weight excluding hydrogens is 575 g/mol. The van der Waals surface area contributed by atoms with Gasteiger partial charge in [0.05, 0.1) is 17.9 Å². The number of nitrogens with two attached hydrogens (primary N) is 1. The van der Waals surface area contributed by atoms with Gasteiger partial charge in [-0.05, 0) is 75.9 Å². The van der Waals surface area contributed by atoms with E-state index in [1.165, 1.54) is 42.5 Å². The maximum absolute atomic E-state index is 14.6. The number of sulfone groups is 1. The molecule has 12 heteroatoms. The number of carbonyl (C=O) groups is 2. The lowest BCUT2D eigenvalue weighted by molar-refractivity contribution is -0.156. The number of carbonyl (C=O) groups excluding carboxylic acids is 2. The van der Waals surface area contributed by atoms with Crippen molar-refractivity contribution in [3.63, 3.8) is 0 Å². The van der Waals surface area contributed by atoms with Crippen LogP contribution in [0.5, 0.6) is 5.75 Å². The molecule has 1 saturated heterocycles. The molecule has 10 nitrogen and oxygen atoms in total. The van der Waals surface area contributed by atoms with Crippen LogP contribution in [-0.4, -0.2) is 60.7 Å². The topological polar surface area (TPSA) is 142 Å². The molecule has 0 saturated carbocycles. The minimum absolute atomic E-state index is 0. The molecule has 1 aromatic carbocycles. The number of Topliss-reactive ketones (excluding diaryl/α,β-unsaturated/α-hetero) is 1. The largest absolute Gasteiger partial charge is 0.493 e. The Kier molecular flexibility index (Phi) is 9.38. The van der Waals surface area contributed by atoms with Gasteiger partial charge in [-0.2, -0.15) is 0 Å². The second-order valence-electron chi connectivity index (χ2n) is 11.9. The molecule has 4 rings (SSSR count). The van der Waals surface area contributed by atoms with E-state index in [2.05, 4.69) is 4.98 Å². The smallest absolute Gasteiger partial charge is 0.329 e. The molecule has 2 aromatic heterocycles. The van der Waals surface area contributed by atoms with Crippen LogP contribution in [-0.2, 0) is 19.4 Å². The molecule has 3 heterocycles. The van der Waals surface area contributed by atoms with Gasteiger partial charge in [-0.1, -0.05) is 19.9 Å². The summed E-state index contributed by atoms with van der Waals surface area (Å²) in [6, 6.07) is 10.6. The molecule has 0 bridgehead atoms. The molecule has 234 valence electrons. The molecule has 0 radical (unpaired) electrons. The number of rotatable bonds is 10. The van der Waals surface area contributed by atoms with E-state index in [0.29, 0.717) is 43.0 Å². The number of anilines is 2. The Hall–Kier alpha value is -4.06. The van der Waals surface area contributed by atoms with E-state index in [9.17, 15) is 22.4 Å². The second kappa shape index (κ2) is 12.7. The third-order valence-corrected chi connectivity index (χ3v) is 8.02. The molecule has 1 atom stereocenters.